The minimum absolute atomic E-state index is 0.349. The number of rotatable bonds is 5. The van der Waals surface area contributed by atoms with Crippen molar-refractivity contribution in [3.63, 3.8) is 0 Å². The third-order valence-corrected chi connectivity index (χ3v) is 4.43. The van der Waals surface area contributed by atoms with Crippen LogP contribution < -0.4 is 0 Å². The molecule has 1 aliphatic rings. The summed E-state index contributed by atoms with van der Waals surface area (Å²) in [6.07, 6.45) is 1.57. The van der Waals surface area contributed by atoms with Crippen LogP contribution in [0.15, 0.2) is 48.5 Å². The van der Waals surface area contributed by atoms with E-state index in [0.29, 0.717) is 19.3 Å². The Kier molecular flexibility index (Phi) is 3.56. The average molecular weight is 272 g/mol. The second kappa shape index (κ2) is 5.35. The third-order valence-electron chi connectivity index (χ3n) is 4.43. The predicted molar refractivity (Wildman–Crippen MR) is 78.5 cm³/mol. The van der Waals surface area contributed by atoms with Crippen LogP contribution in [-0.2, 0) is 5.41 Å². The average Bonchev–Trinajstić information content (AvgIpc) is 2.78. The first-order chi connectivity index (χ1) is 9.83. The maximum absolute atomic E-state index is 13.2. The molecule has 0 amide bonds. The summed E-state index contributed by atoms with van der Waals surface area (Å²) in [5, 5.41) is 0. The quantitative estimate of drug-likeness (QED) is 0.713. The van der Waals surface area contributed by atoms with Gasteiger partial charge in [0.2, 0.25) is 0 Å². The summed E-state index contributed by atoms with van der Waals surface area (Å²) >= 11 is 0. The third kappa shape index (κ3) is 1.86. The van der Waals surface area contributed by atoms with Gasteiger partial charge in [-0.2, -0.15) is 0 Å². The molecule has 0 saturated carbocycles. The maximum atomic E-state index is 13.2. The summed E-state index contributed by atoms with van der Waals surface area (Å²) in [6.45, 7) is -0.729. The second-order valence-electron chi connectivity index (χ2n) is 5.40. The molecule has 0 fully saturated rings. The van der Waals surface area contributed by atoms with E-state index in [4.69, 9.17) is 0 Å². The van der Waals surface area contributed by atoms with Gasteiger partial charge >= 0.3 is 0 Å². The van der Waals surface area contributed by atoms with Gasteiger partial charge in [-0.15, -0.1) is 0 Å². The minimum Gasteiger partial charge on any atom is -0.251 e. The molecule has 0 aromatic heterocycles. The highest BCUT2D eigenvalue weighted by Gasteiger charge is 2.41. The highest BCUT2D eigenvalue weighted by Crippen LogP contribution is 2.52. The molecule has 0 heterocycles. The zero-order chi connectivity index (χ0) is 14.0. The summed E-state index contributed by atoms with van der Waals surface area (Å²) in [4.78, 5) is 0. The Hall–Kier alpha value is -1.70. The van der Waals surface area contributed by atoms with Crippen LogP contribution in [0.1, 0.15) is 30.4 Å². The van der Waals surface area contributed by atoms with E-state index >= 15 is 0 Å². The molecular weight excluding hydrogens is 254 g/mol. The molecule has 0 atom stereocenters. The minimum atomic E-state index is -0.380. The van der Waals surface area contributed by atoms with E-state index in [9.17, 15) is 8.78 Å². The maximum Gasteiger partial charge on any atom is 0.0906 e. The number of hydrogen-bond donors (Lipinski definition) is 0. The van der Waals surface area contributed by atoms with Gasteiger partial charge in [0.1, 0.15) is 0 Å². The van der Waals surface area contributed by atoms with E-state index in [-0.39, 0.29) is 18.8 Å². The van der Waals surface area contributed by atoms with Crippen LogP contribution in [0.4, 0.5) is 8.78 Å². The molecule has 2 aromatic carbocycles. The fourth-order valence-electron chi connectivity index (χ4n) is 3.61. The molecule has 0 saturated heterocycles. The summed E-state index contributed by atoms with van der Waals surface area (Å²) < 4.78 is 25.9. The topological polar surface area (TPSA) is 0 Å². The van der Waals surface area contributed by atoms with Gasteiger partial charge in [0, 0.05) is 5.41 Å². The second-order valence-corrected chi connectivity index (χ2v) is 5.40. The van der Waals surface area contributed by atoms with Crippen molar-refractivity contribution in [3.05, 3.63) is 59.7 Å². The summed E-state index contributed by atoms with van der Waals surface area (Å²) in [7, 11) is 0. The Labute approximate surface area is 118 Å². The van der Waals surface area contributed by atoms with Gasteiger partial charge < -0.3 is 0 Å². The molecule has 104 valence electrons. The van der Waals surface area contributed by atoms with Gasteiger partial charge in [-0.3, -0.25) is 8.78 Å². The lowest BCUT2D eigenvalue weighted by molar-refractivity contribution is 0.340. The number of fused-ring (bicyclic) bond motifs is 3. The fourth-order valence-corrected chi connectivity index (χ4v) is 3.61. The number of halogens is 2. The van der Waals surface area contributed by atoms with Crippen LogP contribution in [0, 0.1) is 0 Å². The Morgan fingerprint density at radius 3 is 1.75 bits per heavy atom. The van der Waals surface area contributed by atoms with Crippen molar-refractivity contribution in [2.45, 2.75) is 24.7 Å². The fraction of sp³-hybridized carbons (Fsp3) is 0.333. The first kappa shape index (κ1) is 13.3. The largest absolute Gasteiger partial charge is 0.251 e. The van der Waals surface area contributed by atoms with E-state index in [0.717, 1.165) is 11.1 Å². The molecule has 0 aliphatic heterocycles. The Bertz CT molecular complexity index is 558. The molecule has 0 bridgehead atoms. The number of hydrogen-bond acceptors (Lipinski definition) is 0. The lowest BCUT2D eigenvalue weighted by Crippen LogP contribution is -2.26. The summed E-state index contributed by atoms with van der Waals surface area (Å²) in [6, 6.07) is 16.3. The Balaban J connectivity index is 2.21. The van der Waals surface area contributed by atoms with Crippen LogP contribution in [0.25, 0.3) is 11.1 Å². The van der Waals surface area contributed by atoms with Gasteiger partial charge in [-0.25, -0.2) is 0 Å². The van der Waals surface area contributed by atoms with Crippen LogP contribution in [0.5, 0.6) is 0 Å². The normalized spacial score (nSPS) is 14.9. The molecule has 0 radical (unpaired) electrons. The first-order valence-electron chi connectivity index (χ1n) is 7.15. The molecule has 0 spiro atoms. The molecule has 3 rings (SSSR count). The number of alkyl halides is 2. The van der Waals surface area contributed by atoms with Crippen molar-refractivity contribution >= 4 is 0 Å². The number of benzene rings is 2. The van der Waals surface area contributed by atoms with Gasteiger partial charge in [0.25, 0.3) is 0 Å². The molecular formula is C18H18F2. The van der Waals surface area contributed by atoms with Crippen molar-refractivity contribution in [3.8, 4) is 11.1 Å². The van der Waals surface area contributed by atoms with Crippen LogP contribution in [0.2, 0.25) is 0 Å². The molecule has 2 heteroatoms. The zero-order valence-corrected chi connectivity index (χ0v) is 11.4. The molecule has 0 nitrogen and oxygen atoms in total. The smallest absolute Gasteiger partial charge is 0.0906 e. The molecule has 20 heavy (non-hydrogen) atoms. The van der Waals surface area contributed by atoms with E-state index < -0.39 is 0 Å². The van der Waals surface area contributed by atoms with Crippen LogP contribution in [-0.4, -0.2) is 13.3 Å². The molecule has 0 N–H and O–H groups in total. The van der Waals surface area contributed by atoms with Crippen molar-refractivity contribution < 1.29 is 8.78 Å². The van der Waals surface area contributed by atoms with Crippen molar-refractivity contribution in [1.82, 2.24) is 0 Å². The van der Waals surface area contributed by atoms with Gasteiger partial charge in [0.15, 0.2) is 0 Å². The van der Waals surface area contributed by atoms with Crippen LogP contribution in [0.3, 0.4) is 0 Å². The van der Waals surface area contributed by atoms with Gasteiger partial charge in [-0.1, -0.05) is 48.5 Å². The predicted octanol–water partition coefficient (Wildman–Crippen LogP) is 5.06. The monoisotopic (exact) mass is 272 g/mol. The zero-order valence-electron chi connectivity index (χ0n) is 11.4. The van der Waals surface area contributed by atoms with Crippen LogP contribution >= 0.6 is 0 Å². The van der Waals surface area contributed by atoms with Crippen molar-refractivity contribution in [1.29, 1.82) is 0 Å². The highest BCUT2D eigenvalue weighted by atomic mass is 19.1. The Morgan fingerprint density at radius 1 is 0.700 bits per heavy atom. The summed E-state index contributed by atoms with van der Waals surface area (Å²) in [5.41, 5.74) is 4.32. The van der Waals surface area contributed by atoms with Gasteiger partial charge in [0.05, 0.1) is 13.3 Å². The van der Waals surface area contributed by atoms with Crippen molar-refractivity contribution in [2.24, 2.45) is 0 Å². The van der Waals surface area contributed by atoms with E-state index in [2.05, 4.69) is 24.3 Å². The highest BCUT2D eigenvalue weighted by molar-refractivity contribution is 5.80. The lowest BCUT2D eigenvalue weighted by Gasteiger charge is -2.31. The van der Waals surface area contributed by atoms with Gasteiger partial charge in [-0.05, 0) is 41.5 Å². The van der Waals surface area contributed by atoms with E-state index in [1.165, 1.54) is 11.1 Å². The van der Waals surface area contributed by atoms with Crippen molar-refractivity contribution in [2.75, 3.05) is 13.3 Å². The molecule has 1 aliphatic carbocycles. The van der Waals surface area contributed by atoms with E-state index in [1.54, 1.807) is 0 Å². The first-order valence-corrected chi connectivity index (χ1v) is 7.15. The molecule has 2 aromatic rings. The Morgan fingerprint density at radius 2 is 1.25 bits per heavy atom. The summed E-state index contributed by atoms with van der Waals surface area (Å²) in [5.74, 6) is 0. The molecule has 0 unspecified atom stereocenters. The standard InChI is InChI=1S/C18H18F2/c19-12-5-10-18(11-13-20)16-8-3-1-6-14(16)15-7-2-4-9-17(15)18/h1-4,6-9H,5,10-13H2. The SMILES string of the molecule is FCCCC1(CCF)c2ccccc2-c2ccccc21. The lowest BCUT2D eigenvalue weighted by atomic mass is 9.72. The van der Waals surface area contributed by atoms with E-state index in [1.807, 2.05) is 24.3 Å².